The largest absolute Gasteiger partial charge is 0.268 e. The smallest absolute Gasteiger partial charge is 0.268 e. The highest BCUT2D eigenvalue weighted by Gasteiger charge is 2.20. The molecule has 4 nitrogen and oxygen atoms in total. The van der Waals surface area contributed by atoms with Crippen LogP contribution < -0.4 is 5.56 Å². The first-order chi connectivity index (χ1) is 12.7. The van der Waals surface area contributed by atoms with Crippen molar-refractivity contribution in [2.24, 2.45) is 0 Å². The van der Waals surface area contributed by atoms with Crippen LogP contribution in [0.3, 0.4) is 0 Å². The Morgan fingerprint density at radius 2 is 2.00 bits per heavy atom. The van der Waals surface area contributed by atoms with E-state index in [1.807, 2.05) is 60.1 Å². The average Bonchev–Trinajstić information content (AvgIpc) is 3.32. The average molecular weight is 396 g/mol. The summed E-state index contributed by atoms with van der Waals surface area (Å²) < 4.78 is 1.62. The van der Waals surface area contributed by atoms with Gasteiger partial charge >= 0.3 is 0 Å². The van der Waals surface area contributed by atoms with Crippen molar-refractivity contribution in [3.63, 3.8) is 0 Å². The van der Waals surface area contributed by atoms with Gasteiger partial charge in [0.1, 0.15) is 4.83 Å². The second kappa shape index (κ2) is 7.08. The number of nitrogens with zero attached hydrogens (tertiary/aromatic N) is 3. The van der Waals surface area contributed by atoms with Crippen molar-refractivity contribution < 1.29 is 0 Å². The zero-order valence-corrected chi connectivity index (χ0v) is 16.2. The first kappa shape index (κ1) is 17.0. The Hall–Kier alpha value is -2.40. The van der Waals surface area contributed by atoms with Crippen molar-refractivity contribution in [2.45, 2.75) is 17.3 Å². The van der Waals surface area contributed by atoms with Crippen molar-refractivity contribution in [3.8, 4) is 22.2 Å². The maximum Gasteiger partial charge on any atom is 0.268 e. The molecule has 128 valence electrons. The molecule has 3 aromatic heterocycles. The van der Waals surface area contributed by atoms with E-state index >= 15 is 0 Å². The number of thioether (sulfide) groups is 1. The maximum atomic E-state index is 13.4. The van der Waals surface area contributed by atoms with Crippen molar-refractivity contribution in [3.05, 3.63) is 63.6 Å². The molecule has 4 rings (SSSR count). The molecular formula is C19H13N3OS3. The summed E-state index contributed by atoms with van der Waals surface area (Å²) in [6.07, 6.45) is 0. The molecular weight excluding hydrogens is 382 g/mol. The van der Waals surface area contributed by atoms with Crippen LogP contribution in [0, 0.1) is 11.3 Å². The Morgan fingerprint density at radius 3 is 2.69 bits per heavy atom. The van der Waals surface area contributed by atoms with Gasteiger partial charge in [-0.05, 0) is 30.5 Å². The van der Waals surface area contributed by atoms with Gasteiger partial charge in [-0.15, -0.1) is 22.7 Å². The topological polar surface area (TPSA) is 58.7 Å². The van der Waals surface area contributed by atoms with Crippen LogP contribution in [-0.2, 0) is 0 Å². The van der Waals surface area contributed by atoms with E-state index in [-0.39, 0.29) is 10.8 Å². The van der Waals surface area contributed by atoms with Gasteiger partial charge in [0, 0.05) is 15.8 Å². The first-order valence-electron chi connectivity index (χ1n) is 7.89. The summed E-state index contributed by atoms with van der Waals surface area (Å²) in [6, 6.07) is 15.6. The predicted octanol–water partition coefficient (Wildman–Crippen LogP) is 5.18. The van der Waals surface area contributed by atoms with Gasteiger partial charge in [0.05, 0.1) is 22.4 Å². The molecule has 0 saturated carbocycles. The fraction of sp³-hybridized carbons (Fsp3) is 0.105. The summed E-state index contributed by atoms with van der Waals surface area (Å²) in [7, 11) is 0. The lowest BCUT2D eigenvalue weighted by molar-refractivity contribution is 0.821. The minimum absolute atomic E-state index is 0.0986. The van der Waals surface area contributed by atoms with Crippen molar-refractivity contribution in [1.82, 2.24) is 9.55 Å². The van der Waals surface area contributed by atoms with E-state index in [9.17, 15) is 10.1 Å². The van der Waals surface area contributed by atoms with E-state index in [1.165, 1.54) is 23.1 Å². The lowest BCUT2D eigenvalue weighted by Gasteiger charge is -2.13. The number of rotatable bonds is 4. The molecule has 4 aromatic rings. The molecule has 0 aliphatic rings. The SMILES string of the molecule is C[C@@H](C#N)Sc1nc2scc(-c3cccs3)c2c(=O)n1-c1ccccc1. The van der Waals surface area contributed by atoms with Gasteiger partial charge in [-0.25, -0.2) is 4.98 Å². The van der Waals surface area contributed by atoms with Crippen LogP contribution >= 0.6 is 34.4 Å². The lowest BCUT2D eigenvalue weighted by Crippen LogP contribution is -2.22. The third kappa shape index (κ3) is 2.97. The number of para-hydroxylation sites is 1. The molecule has 26 heavy (non-hydrogen) atoms. The molecule has 0 bridgehead atoms. The summed E-state index contributed by atoms with van der Waals surface area (Å²) in [5.41, 5.74) is 1.58. The molecule has 7 heteroatoms. The third-order valence-electron chi connectivity index (χ3n) is 3.84. The number of aromatic nitrogens is 2. The van der Waals surface area contributed by atoms with E-state index in [0.29, 0.717) is 15.4 Å². The fourth-order valence-corrected chi connectivity index (χ4v) is 5.27. The number of benzene rings is 1. The monoisotopic (exact) mass is 395 g/mol. The summed E-state index contributed by atoms with van der Waals surface area (Å²) in [4.78, 5) is 19.9. The molecule has 1 aromatic carbocycles. The summed E-state index contributed by atoms with van der Waals surface area (Å²) >= 11 is 4.37. The highest BCUT2D eigenvalue weighted by molar-refractivity contribution is 8.00. The van der Waals surface area contributed by atoms with Crippen LogP contribution in [0.15, 0.2) is 63.2 Å². The van der Waals surface area contributed by atoms with Crippen LogP contribution in [0.25, 0.3) is 26.3 Å². The minimum atomic E-state index is -0.300. The molecule has 0 saturated heterocycles. The number of nitriles is 1. The number of thiophene rings is 2. The van der Waals surface area contributed by atoms with Gasteiger partial charge in [0.15, 0.2) is 5.16 Å². The van der Waals surface area contributed by atoms with E-state index in [0.717, 1.165) is 16.1 Å². The molecule has 0 amide bonds. The second-order valence-corrected chi connectivity index (χ2v) is 8.68. The molecule has 0 aliphatic carbocycles. The van der Waals surface area contributed by atoms with Crippen LogP contribution in [0.5, 0.6) is 0 Å². The minimum Gasteiger partial charge on any atom is -0.268 e. The normalized spacial score (nSPS) is 12.2. The Kier molecular flexibility index (Phi) is 4.64. The van der Waals surface area contributed by atoms with Crippen molar-refractivity contribution >= 4 is 44.7 Å². The Morgan fingerprint density at radius 1 is 1.19 bits per heavy atom. The third-order valence-corrected chi connectivity index (χ3v) is 6.56. The summed E-state index contributed by atoms with van der Waals surface area (Å²) in [6.45, 7) is 1.81. The summed E-state index contributed by atoms with van der Waals surface area (Å²) in [5.74, 6) is 0. The number of fused-ring (bicyclic) bond motifs is 1. The molecule has 0 unspecified atom stereocenters. The van der Waals surface area contributed by atoms with Crippen LogP contribution in [0.1, 0.15) is 6.92 Å². The standard InChI is InChI=1S/C19H13N3OS3/c1-12(10-20)26-19-21-17-16(14(11-25-17)15-8-5-9-24-15)18(23)22(19)13-6-3-2-4-7-13/h2-9,11-12H,1H3/t12-/m0/s1. The fourth-order valence-electron chi connectivity index (χ4n) is 2.65. The van der Waals surface area contributed by atoms with Crippen molar-refractivity contribution in [1.29, 1.82) is 5.26 Å². The van der Waals surface area contributed by atoms with Crippen molar-refractivity contribution in [2.75, 3.05) is 0 Å². The van der Waals surface area contributed by atoms with Gasteiger partial charge in [-0.3, -0.25) is 9.36 Å². The van der Waals surface area contributed by atoms with Crippen LogP contribution in [0.2, 0.25) is 0 Å². The zero-order chi connectivity index (χ0) is 18.1. The Bertz CT molecular complexity index is 1150. The molecule has 0 spiro atoms. The molecule has 0 fully saturated rings. The van der Waals surface area contributed by atoms with E-state index in [2.05, 4.69) is 6.07 Å². The van der Waals surface area contributed by atoms with Gasteiger partial charge in [-0.2, -0.15) is 5.26 Å². The van der Waals surface area contributed by atoms with Gasteiger partial charge in [-0.1, -0.05) is 36.0 Å². The van der Waals surface area contributed by atoms with E-state index in [1.54, 1.807) is 15.9 Å². The van der Waals surface area contributed by atoms with Crippen LogP contribution in [0.4, 0.5) is 0 Å². The van der Waals surface area contributed by atoms with E-state index < -0.39 is 0 Å². The Balaban J connectivity index is 2.03. The highest BCUT2D eigenvalue weighted by atomic mass is 32.2. The molecule has 0 radical (unpaired) electrons. The molecule has 0 N–H and O–H groups in total. The van der Waals surface area contributed by atoms with E-state index in [4.69, 9.17) is 4.98 Å². The maximum absolute atomic E-state index is 13.4. The molecule has 3 heterocycles. The number of hydrogen-bond acceptors (Lipinski definition) is 6. The molecule has 0 aliphatic heterocycles. The number of hydrogen-bond donors (Lipinski definition) is 0. The lowest BCUT2D eigenvalue weighted by atomic mass is 10.2. The van der Waals surface area contributed by atoms with Gasteiger partial charge < -0.3 is 0 Å². The quantitative estimate of drug-likeness (QED) is 0.353. The summed E-state index contributed by atoms with van der Waals surface area (Å²) in [5, 5.41) is 14.1. The van der Waals surface area contributed by atoms with Gasteiger partial charge in [0.2, 0.25) is 0 Å². The predicted molar refractivity (Wildman–Crippen MR) is 109 cm³/mol. The van der Waals surface area contributed by atoms with Crippen LogP contribution in [-0.4, -0.2) is 14.8 Å². The highest BCUT2D eigenvalue weighted by Crippen LogP contribution is 2.35. The first-order valence-corrected chi connectivity index (χ1v) is 10.5. The zero-order valence-electron chi connectivity index (χ0n) is 13.7. The van der Waals surface area contributed by atoms with Gasteiger partial charge in [0.25, 0.3) is 5.56 Å². The molecule has 1 atom stereocenters. The second-order valence-electron chi connectivity index (χ2n) is 5.57. The Labute approximate surface area is 162 Å².